The van der Waals surface area contributed by atoms with Crippen LogP contribution in [0.1, 0.15) is 31.4 Å². The molecule has 1 aromatic heterocycles. The van der Waals surface area contributed by atoms with Crippen LogP contribution >= 0.6 is 0 Å². The van der Waals surface area contributed by atoms with Crippen LogP contribution in [0.5, 0.6) is 0 Å². The van der Waals surface area contributed by atoms with Gasteiger partial charge in [0.25, 0.3) is 0 Å². The molecule has 2 heteroatoms. The molecule has 0 aromatic carbocycles. The Labute approximate surface area is 91.1 Å². The van der Waals surface area contributed by atoms with E-state index in [1.807, 2.05) is 12.3 Å². The van der Waals surface area contributed by atoms with E-state index < -0.39 is 0 Å². The fraction of sp³-hybridized carbons (Fsp3) is 0.615. The van der Waals surface area contributed by atoms with Crippen molar-refractivity contribution in [1.29, 1.82) is 0 Å². The van der Waals surface area contributed by atoms with Crippen molar-refractivity contribution in [2.45, 2.75) is 38.6 Å². The van der Waals surface area contributed by atoms with Crippen molar-refractivity contribution in [3.8, 4) is 0 Å². The highest BCUT2D eigenvalue weighted by molar-refractivity contribution is 5.47. The quantitative estimate of drug-likeness (QED) is 0.797. The first kappa shape index (κ1) is 9.20. The van der Waals surface area contributed by atoms with Crippen LogP contribution in [0.15, 0.2) is 18.3 Å². The summed E-state index contributed by atoms with van der Waals surface area (Å²) >= 11 is 0. The highest BCUT2D eigenvalue weighted by Gasteiger charge is 2.39. The van der Waals surface area contributed by atoms with Gasteiger partial charge in [0.2, 0.25) is 0 Å². The number of nitrogens with one attached hydrogen (secondary N) is 1. The van der Waals surface area contributed by atoms with Crippen molar-refractivity contribution in [3.05, 3.63) is 24.0 Å². The van der Waals surface area contributed by atoms with Crippen molar-refractivity contribution in [2.24, 2.45) is 11.8 Å². The average Bonchev–Trinajstić information content (AvgIpc) is 2.83. The molecule has 15 heavy (non-hydrogen) atoms. The van der Waals surface area contributed by atoms with Crippen LogP contribution in [0.2, 0.25) is 0 Å². The lowest BCUT2D eigenvalue weighted by molar-refractivity contribution is 0.439. The fourth-order valence-electron chi connectivity index (χ4n) is 3.26. The number of nitrogens with zero attached hydrogens (tertiary/aromatic N) is 1. The van der Waals surface area contributed by atoms with E-state index in [1.165, 1.54) is 31.4 Å². The van der Waals surface area contributed by atoms with E-state index in [9.17, 15) is 0 Å². The topological polar surface area (TPSA) is 24.9 Å². The molecule has 0 radical (unpaired) electrons. The maximum Gasteiger partial charge on any atom is 0.0603 e. The lowest BCUT2D eigenvalue weighted by Crippen LogP contribution is -2.26. The monoisotopic (exact) mass is 202 g/mol. The third-order valence-electron chi connectivity index (χ3n) is 4.09. The number of rotatable bonds is 2. The minimum atomic E-state index is 0.714. The first-order valence-corrected chi connectivity index (χ1v) is 6.01. The molecule has 3 rings (SSSR count). The summed E-state index contributed by atoms with van der Waals surface area (Å²) in [7, 11) is 0. The number of hydrogen-bond donors (Lipinski definition) is 1. The van der Waals surface area contributed by atoms with Gasteiger partial charge in [0.1, 0.15) is 0 Å². The van der Waals surface area contributed by atoms with E-state index in [0.717, 1.165) is 17.5 Å². The van der Waals surface area contributed by atoms with Gasteiger partial charge in [-0.2, -0.15) is 0 Å². The molecule has 1 heterocycles. The van der Waals surface area contributed by atoms with E-state index >= 15 is 0 Å². The predicted octanol–water partition coefficient (Wildman–Crippen LogP) is 2.99. The Balaban J connectivity index is 1.73. The summed E-state index contributed by atoms with van der Waals surface area (Å²) in [5.41, 5.74) is 2.36. The Morgan fingerprint density at radius 1 is 1.33 bits per heavy atom. The van der Waals surface area contributed by atoms with Crippen LogP contribution < -0.4 is 5.32 Å². The molecule has 0 aliphatic heterocycles. The SMILES string of the molecule is Cc1ncccc1NC1CC2CCC1C2. The lowest BCUT2D eigenvalue weighted by atomic mass is 9.95. The van der Waals surface area contributed by atoms with Gasteiger partial charge >= 0.3 is 0 Å². The minimum Gasteiger partial charge on any atom is -0.381 e. The standard InChI is InChI=1S/C13H18N2/c1-9-12(3-2-6-14-9)15-13-8-10-4-5-11(13)7-10/h2-3,6,10-11,13,15H,4-5,7-8H2,1H3. The van der Waals surface area contributed by atoms with Crippen LogP contribution in [-0.4, -0.2) is 11.0 Å². The summed E-state index contributed by atoms with van der Waals surface area (Å²) in [6.45, 7) is 2.08. The van der Waals surface area contributed by atoms with Crippen molar-refractivity contribution >= 4 is 5.69 Å². The van der Waals surface area contributed by atoms with Gasteiger partial charge in [0, 0.05) is 12.2 Å². The predicted molar refractivity (Wildman–Crippen MR) is 61.8 cm³/mol. The van der Waals surface area contributed by atoms with Gasteiger partial charge in [-0.05, 0) is 50.2 Å². The Hall–Kier alpha value is -1.05. The molecule has 0 saturated heterocycles. The van der Waals surface area contributed by atoms with E-state index in [1.54, 1.807) is 0 Å². The zero-order valence-electron chi connectivity index (χ0n) is 9.24. The Bertz CT molecular complexity index is 361. The van der Waals surface area contributed by atoms with Crippen LogP contribution in [0.4, 0.5) is 5.69 Å². The molecule has 2 nitrogen and oxygen atoms in total. The summed E-state index contributed by atoms with van der Waals surface area (Å²) in [5.74, 6) is 1.93. The van der Waals surface area contributed by atoms with Crippen molar-refractivity contribution < 1.29 is 0 Å². The number of aromatic nitrogens is 1. The zero-order valence-corrected chi connectivity index (χ0v) is 9.24. The summed E-state index contributed by atoms with van der Waals surface area (Å²) in [5, 5.41) is 3.68. The molecule has 2 aliphatic carbocycles. The lowest BCUT2D eigenvalue weighted by Gasteiger charge is -2.24. The summed E-state index contributed by atoms with van der Waals surface area (Å²) < 4.78 is 0. The molecule has 3 unspecified atom stereocenters. The maximum atomic E-state index is 4.32. The van der Waals surface area contributed by atoms with Crippen LogP contribution in [0.3, 0.4) is 0 Å². The Morgan fingerprint density at radius 3 is 2.93 bits per heavy atom. The molecule has 2 bridgehead atoms. The second kappa shape index (κ2) is 3.51. The van der Waals surface area contributed by atoms with Gasteiger partial charge in [-0.1, -0.05) is 6.42 Å². The molecule has 1 aromatic rings. The average molecular weight is 202 g/mol. The number of aryl methyl sites for hydroxylation is 1. The number of fused-ring (bicyclic) bond motifs is 2. The molecule has 80 valence electrons. The number of pyridine rings is 1. The van der Waals surface area contributed by atoms with E-state index in [-0.39, 0.29) is 0 Å². The van der Waals surface area contributed by atoms with Gasteiger partial charge in [-0.3, -0.25) is 4.98 Å². The summed E-state index contributed by atoms with van der Waals surface area (Å²) in [6, 6.07) is 4.88. The molecule has 2 aliphatic rings. The molecule has 2 fully saturated rings. The van der Waals surface area contributed by atoms with Gasteiger partial charge in [0.15, 0.2) is 0 Å². The Morgan fingerprint density at radius 2 is 2.27 bits per heavy atom. The first-order chi connectivity index (χ1) is 7.33. The molecule has 3 atom stereocenters. The van der Waals surface area contributed by atoms with E-state index in [2.05, 4.69) is 23.3 Å². The highest BCUT2D eigenvalue weighted by Crippen LogP contribution is 2.45. The third-order valence-corrected chi connectivity index (χ3v) is 4.09. The summed E-state index contributed by atoms with van der Waals surface area (Å²) in [6.07, 6.45) is 7.59. The molecule has 1 N–H and O–H groups in total. The van der Waals surface area contributed by atoms with E-state index in [4.69, 9.17) is 0 Å². The zero-order chi connectivity index (χ0) is 10.3. The number of anilines is 1. The molecule has 0 spiro atoms. The maximum absolute atomic E-state index is 4.32. The van der Waals surface area contributed by atoms with Gasteiger partial charge in [0.05, 0.1) is 11.4 Å². The second-order valence-corrected chi connectivity index (χ2v) is 5.06. The van der Waals surface area contributed by atoms with Crippen molar-refractivity contribution in [2.75, 3.05) is 5.32 Å². The van der Waals surface area contributed by atoms with Gasteiger partial charge in [-0.15, -0.1) is 0 Å². The molecular weight excluding hydrogens is 184 g/mol. The Kier molecular flexibility index (Phi) is 2.15. The van der Waals surface area contributed by atoms with Crippen LogP contribution in [0, 0.1) is 18.8 Å². The van der Waals surface area contributed by atoms with Gasteiger partial charge in [-0.25, -0.2) is 0 Å². The smallest absolute Gasteiger partial charge is 0.0603 e. The van der Waals surface area contributed by atoms with E-state index in [0.29, 0.717) is 6.04 Å². The van der Waals surface area contributed by atoms with Crippen LogP contribution in [0.25, 0.3) is 0 Å². The van der Waals surface area contributed by atoms with Crippen LogP contribution in [-0.2, 0) is 0 Å². The molecule has 0 amide bonds. The van der Waals surface area contributed by atoms with Crippen molar-refractivity contribution in [3.63, 3.8) is 0 Å². The fourth-order valence-corrected chi connectivity index (χ4v) is 3.26. The number of hydrogen-bond acceptors (Lipinski definition) is 2. The summed E-state index contributed by atoms with van der Waals surface area (Å²) in [4.78, 5) is 4.32. The molecular formula is C13H18N2. The largest absolute Gasteiger partial charge is 0.381 e. The third kappa shape index (κ3) is 1.62. The normalized spacial score (nSPS) is 33.3. The first-order valence-electron chi connectivity index (χ1n) is 6.01. The van der Waals surface area contributed by atoms with Gasteiger partial charge < -0.3 is 5.32 Å². The highest BCUT2D eigenvalue weighted by atomic mass is 15.0. The van der Waals surface area contributed by atoms with Crippen molar-refractivity contribution in [1.82, 2.24) is 4.98 Å². The minimum absolute atomic E-state index is 0.714. The second-order valence-electron chi connectivity index (χ2n) is 5.06. The molecule has 2 saturated carbocycles.